The Bertz CT molecular complexity index is 1380. The predicted octanol–water partition coefficient (Wildman–Crippen LogP) is 6.59. The van der Waals surface area contributed by atoms with Gasteiger partial charge in [-0.15, -0.1) is 0 Å². The van der Waals surface area contributed by atoms with Crippen LogP contribution in [0.2, 0.25) is 0 Å². The highest BCUT2D eigenvalue weighted by molar-refractivity contribution is 9.10. The molecular formula is C27H23BrN4OS. The third-order valence-electron chi connectivity index (χ3n) is 5.64. The number of hydrogen-bond donors (Lipinski definition) is 0. The minimum atomic E-state index is 0.0521. The lowest BCUT2D eigenvalue weighted by molar-refractivity contribution is -0.118. The van der Waals surface area contributed by atoms with Crippen LogP contribution in [0.15, 0.2) is 96.0 Å². The number of aromatic nitrogens is 3. The fraction of sp³-hybridized carbons (Fsp3) is 0.148. The number of anilines is 1. The molecule has 0 radical (unpaired) electrons. The highest BCUT2D eigenvalue weighted by atomic mass is 79.9. The molecule has 0 fully saturated rings. The number of thiazole rings is 1. The molecule has 0 saturated heterocycles. The molecule has 0 unspecified atom stereocenters. The number of fused-ring (bicyclic) bond motifs is 1. The lowest BCUT2D eigenvalue weighted by Gasteiger charge is -2.20. The normalized spacial score (nSPS) is 11.1. The maximum absolute atomic E-state index is 13.5. The molecule has 0 saturated carbocycles. The van der Waals surface area contributed by atoms with Crippen LogP contribution in [-0.4, -0.2) is 27.0 Å². The molecule has 5 aromatic rings. The summed E-state index contributed by atoms with van der Waals surface area (Å²) in [4.78, 5) is 24.2. The van der Waals surface area contributed by atoms with Gasteiger partial charge in [0.2, 0.25) is 5.91 Å². The van der Waals surface area contributed by atoms with Gasteiger partial charge in [-0.25, -0.2) is 9.97 Å². The third kappa shape index (κ3) is 5.26. The van der Waals surface area contributed by atoms with Gasteiger partial charge in [-0.3, -0.25) is 9.69 Å². The summed E-state index contributed by atoms with van der Waals surface area (Å²) >= 11 is 5.08. The quantitative estimate of drug-likeness (QED) is 0.227. The number of carbonyl (C=O) groups excluding carboxylic acids is 1. The minimum Gasteiger partial charge on any atom is -0.337 e. The van der Waals surface area contributed by atoms with Crippen molar-refractivity contribution in [3.05, 3.63) is 102 Å². The Balaban J connectivity index is 1.35. The van der Waals surface area contributed by atoms with Crippen LogP contribution in [0, 0.1) is 0 Å². The van der Waals surface area contributed by atoms with Gasteiger partial charge in [-0.2, -0.15) is 0 Å². The largest absolute Gasteiger partial charge is 0.337 e. The van der Waals surface area contributed by atoms with Crippen LogP contribution in [0.4, 0.5) is 5.13 Å². The van der Waals surface area contributed by atoms with Crippen LogP contribution in [-0.2, 0) is 17.8 Å². The zero-order chi connectivity index (χ0) is 23.3. The molecule has 170 valence electrons. The van der Waals surface area contributed by atoms with Crippen LogP contribution in [0.5, 0.6) is 0 Å². The van der Waals surface area contributed by atoms with Gasteiger partial charge < -0.3 is 4.57 Å². The van der Waals surface area contributed by atoms with Gasteiger partial charge in [-0.1, -0.05) is 81.9 Å². The number of aryl methyl sites for hydroxylation is 1. The smallest absolute Gasteiger partial charge is 0.233 e. The van der Waals surface area contributed by atoms with Crippen molar-refractivity contribution >= 4 is 48.5 Å². The molecule has 0 aliphatic carbocycles. The van der Waals surface area contributed by atoms with Gasteiger partial charge >= 0.3 is 0 Å². The SMILES string of the molecule is O=C(Cc1ccc(-c2ccccc2)cc1)N(CCCn1ccnc1)c1nc2ccc(Br)cc2s1. The number of halogens is 1. The fourth-order valence-electron chi connectivity index (χ4n) is 3.87. The lowest BCUT2D eigenvalue weighted by atomic mass is 10.0. The first kappa shape index (κ1) is 22.5. The predicted molar refractivity (Wildman–Crippen MR) is 142 cm³/mol. The number of amides is 1. The van der Waals surface area contributed by atoms with Crippen molar-refractivity contribution in [2.75, 3.05) is 11.4 Å². The van der Waals surface area contributed by atoms with E-state index in [1.54, 1.807) is 23.9 Å². The van der Waals surface area contributed by atoms with Crippen molar-refractivity contribution in [1.29, 1.82) is 0 Å². The molecule has 0 N–H and O–H groups in total. The average Bonchev–Trinajstić information content (AvgIpc) is 3.52. The maximum Gasteiger partial charge on any atom is 0.233 e. The topological polar surface area (TPSA) is 51.0 Å². The first-order valence-electron chi connectivity index (χ1n) is 11.1. The highest BCUT2D eigenvalue weighted by Crippen LogP contribution is 2.31. The van der Waals surface area contributed by atoms with E-state index in [4.69, 9.17) is 4.98 Å². The number of benzene rings is 3. The summed E-state index contributed by atoms with van der Waals surface area (Å²) in [6.07, 6.45) is 6.66. The Kier molecular flexibility index (Phi) is 6.83. The summed E-state index contributed by atoms with van der Waals surface area (Å²) in [6, 6.07) is 24.5. The Hall–Kier alpha value is -3.29. The Morgan fingerprint density at radius 2 is 1.79 bits per heavy atom. The molecule has 0 aliphatic heterocycles. The minimum absolute atomic E-state index is 0.0521. The van der Waals surface area contributed by atoms with Crippen LogP contribution in [0.25, 0.3) is 21.3 Å². The molecule has 1 amide bonds. The van der Waals surface area contributed by atoms with Gasteiger partial charge in [0, 0.05) is 30.0 Å². The molecule has 0 aliphatic rings. The van der Waals surface area contributed by atoms with Crippen molar-refractivity contribution < 1.29 is 4.79 Å². The van der Waals surface area contributed by atoms with Gasteiger partial charge in [0.1, 0.15) is 0 Å². The van der Waals surface area contributed by atoms with E-state index in [1.807, 2.05) is 64.2 Å². The van der Waals surface area contributed by atoms with Crippen molar-refractivity contribution in [1.82, 2.24) is 14.5 Å². The van der Waals surface area contributed by atoms with Gasteiger partial charge in [0.05, 0.1) is 23.0 Å². The van der Waals surface area contributed by atoms with Crippen molar-refractivity contribution in [3.63, 3.8) is 0 Å². The number of nitrogens with zero attached hydrogens (tertiary/aromatic N) is 4. The van der Waals surface area contributed by atoms with Crippen LogP contribution >= 0.6 is 27.3 Å². The van der Waals surface area contributed by atoms with E-state index in [0.29, 0.717) is 13.0 Å². The van der Waals surface area contributed by atoms with E-state index in [0.717, 1.165) is 43.9 Å². The summed E-state index contributed by atoms with van der Waals surface area (Å²) in [7, 11) is 0. The third-order valence-corrected chi connectivity index (χ3v) is 7.18. The van der Waals surface area contributed by atoms with E-state index >= 15 is 0 Å². The van der Waals surface area contributed by atoms with E-state index in [9.17, 15) is 4.79 Å². The van der Waals surface area contributed by atoms with Crippen molar-refractivity contribution in [2.24, 2.45) is 0 Å². The lowest BCUT2D eigenvalue weighted by Crippen LogP contribution is -2.33. The number of carbonyl (C=O) groups is 1. The molecule has 7 heteroatoms. The van der Waals surface area contributed by atoms with Crippen molar-refractivity contribution in [2.45, 2.75) is 19.4 Å². The van der Waals surface area contributed by atoms with Gasteiger partial charge in [-0.05, 0) is 41.3 Å². The molecule has 5 nitrogen and oxygen atoms in total. The number of imidazole rings is 1. The summed E-state index contributed by atoms with van der Waals surface area (Å²) in [6.45, 7) is 1.39. The van der Waals surface area contributed by atoms with Crippen LogP contribution in [0.3, 0.4) is 0 Å². The molecule has 3 aromatic carbocycles. The number of hydrogen-bond acceptors (Lipinski definition) is 4. The Morgan fingerprint density at radius 3 is 2.56 bits per heavy atom. The molecule has 2 aromatic heterocycles. The monoisotopic (exact) mass is 530 g/mol. The molecule has 0 bridgehead atoms. The highest BCUT2D eigenvalue weighted by Gasteiger charge is 2.20. The van der Waals surface area contributed by atoms with Gasteiger partial charge in [0.25, 0.3) is 0 Å². The molecule has 34 heavy (non-hydrogen) atoms. The summed E-state index contributed by atoms with van der Waals surface area (Å²) in [5.74, 6) is 0.0521. The zero-order valence-corrected chi connectivity index (χ0v) is 20.9. The van der Waals surface area contributed by atoms with E-state index in [2.05, 4.69) is 45.2 Å². The number of rotatable bonds is 8. The second-order valence-electron chi connectivity index (χ2n) is 8.05. The van der Waals surface area contributed by atoms with Gasteiger partial charge in [0.15, 0.2) is 5.13 Å². The second kappa shape index (κ2) is 10.3. The molecule has 0 spiro atoms. The summed E-state index contributed by atoms with van der Waals surface area (Å²) < 4.78 is 4.09. The standard InChI is InChI=1S/C27H23BrN4OS/c28-23-11-12-24-25(18-23)34-27(30-24)32(15-4-14-31-16-13-29-19-31)26(33)17-20-7-9-22(10-8-20)21-5-2-1-3-6-21/h1-3,5-13,16,18-19H,4,14-15,17H2. The molecule has 2 heterocycles. The fourth-order valence-corrected chi connectivity index (χ4v) is 5.44. The molecule has 5 rings (SSSR count). The van der Waals surface area contributed by atoms with E-state index < -0.39 is 0 Å². The Morgan fingerprint density at radius 1 is 1.00 bits per heavy atom. The average molecular weight is 531 g/mol. The summed E-state index contributed by atoms with van der Waals surface area (Å²) in [5, 5.41) is 0.740. The zero-order valence-electron chi connectivity index (χ0n) is 18.5. The van der Waals surface area contributed by atoms with E-state index in [1.165, 1.54) is 5.56 Å². The molecular weight excluding hydrogens is 508 g/mol. The van der Waals surface area contributed by atoms with Crippen LogP contribution in [0.1, 0.15) is 12.0 Å². The summed E-state index contributed by atoms with van der Waals surface area (Å²) in [5.41, 5.74) is 4.21. The second-order valence-corrected chi connectivity index (χ2v) is 9.97. The first-order valence-corrected chi connectivity index (χ1v) is 12.7. The van der Waals surface area contributed by atoms with Crippen molar-refractivity contribution in [3.8, 4) is 11.1 Å². The maximum atomic E-state index is 13.5. The van der Waals surface area contributed by atoms with Crippen LogP contribution < -0.4 is 4.90 Å². The molecule has 0 atom stereocenters. The Labute approximate surface area is 210 Å². The first-order chi connectivity index (χ1) is 16.7. The van der Waals surface area contributed by atoms with E-state index in [-0.39, 0.29) is 5.91 Å².